The van der Waals surface area contributed by atoms with Crippen molar-refractivity contribution in [2.24, 2.45) is 5.92 Å². The molecule has 1 N–H and O–H groups in total. The van der Waals surface area contributed by atoms with Crippen molar-refractivity contribution < 1.29 is 14.7 Å². The van der Waals surface area contributed by atoms with Crippen molar-refractivity contribution in [1.82, 2.24) is 9.47 Å². The molecule has 1 amide bonds. The minimum atomic E-state index is -0.744. The summed E-state index contributed by atoms with van der Waals surface area (Å²) in [5.41, 5.74) is 0.739. The van der Waals surface area contributed by atoms with Crippen molar-refractivity contribution in [3.63, 3.8) is 0 Å². The van der Waals surface area contributed by atoms with E-state index in [0.717, 1.165) is 31.5 Å². The molecule has 2 rings (SSSR count). The molecule has 110 valence electrons. The second-order valence-corrected chi connectivity index (χ2v) is 5.42. The fourth-order valence-electron chi connectivity index (χ4n) is 2.79. The van der Waals surface area contributed by atoms with E-state index in [1.54, 1.807) is 0 Å². The summed E-state index contributed by atoms with van der Waals surface area (Å²) in [5, 5.41) is 8.80. The number of aryl methyl sites for hydroxylation is 1. The van der Waals surface area contributed by atoms with Gasteiger partial charge in [-0.25, -0.2) is 0 Å². The first-order chi connectivity index (χ1) is 9.61. The number of carbonyl (C=O) groups excluding carboxylic acids is 1. The molecular formula is C15H22N2O3. The highest BCUT2D eigenvalue weighted by Gasteiger charge is 2.26. The Bertz CT molecular complexity index is 473. The average Bonchev–Trinajstić information content (AvgIpc) is 2.87. The van der Waals surface area contributed by atoms with Gasteiger partial charge < -0.3 is 14.6 Å². The van der Waals surface area contributed by atoms with Crippen LogP contribution in [-0.2, 0) is 11.3 Å². The number of rotatable bonds is 5. The van der Waals surface area contributed by atoms with Crippen LogP contribution in [0.25, 0.3) is 0 Å². The molecule has 1 aromatic rings. The number of carbonyl (C=O) groups is 2. The molecule has 1 aromatic heterocycles. The van der Waals surface area contributed by atoms with Crippen molar-refractivity contribution in [3.8, 4) is 0 Å². The second-order valence-electron chi connectivity index (χ2n) is 5.42. The third-order valence-electron chi connectivity index (χ3n) is 3.88. The van der Waals surface area contributed by atoms with Crippen LogP contribution >= 0.6 is 0 Å². The minimum Gasteiger partial charge on any atom is -0.481 e. The molecule has 0 saturated carbocycles. The van der Waals surface area contributed by atoms with E-state index in [1.165, 1.54) is 0 Å². The van der Waals surface area contributed by atoms with Gasteiger partial charge in [-0.2, -0.15) is 0 Å². The summed E-state index contributed by atoms with van der Waals surface area (Å²) in [6.07, 6.45) is 4.72. The van der Waals surface area contributed by atoms with Gasteiger partial charge in [-0.3, -0.25) is 9.59 Å². The molecule has 0 unspecified atom stereocenters. The standard InChI is InChI=1S/C15H22N2O3/c1-2-7-16-8-3-4-13(16)15(20)17-9-5-12(6-10-17)11-14(18)19/h3-4,8,12H,2,5-7,9-11H2,1H3,(H,18,19). The summed E-state index contributed by atoms with van der Waals surface area (Å²) < 4.78 is 1.99. The summed E-state index contributed by atoms with van der Waals surface area (Å²) >= 11 is 0. The molecule has 0 aliphatic carbocycles. The quantitative estimate of drug-likeness (QED) is 0.898. The Labute approximate surface area is 119 Å². The van der Waals surface area contributed by atoms with Crippen LogP contribution in [0, 0.1) is 5.92 Å². The van der Waals surface area contributed by atoms with E-state index in [4.69, 9.17) is 5.11 Å². The molecule has 0 bridgehead atoms. The zero-order chi connectivity index (χ0) is 14.5. The topological polar surface area (TPSA) is 62.5 Å². The van der Waals surface area contributed by atoms with E-state index < -0.39 is 5.97 Å². The Morgan fingerprint density at radius 2 is 2.05 bits per heavy atom. The summed E-state index contributed by atoms with van der Waals surface area (Å²) in [6.45, 7) is 4.26. The molecule has 0 aromatic carbocycles. The highest BCUT2D eigenvalue weighted by Crippen LogP contribution is 2.22. The predicted octanol–water partition coefficient (Wildman–Crippen LogP) is 2.22. The number of aromatic nitrogens is 1. The number of hydrogen-bond donors (Lipinski definition) is 1. The molecule has 0 atom stereocenters. The van der Waals surface area contributed by atoms with Gasteiger partial charge in [0, 0.05) is 32.3 Å². The molecule has 5 nitrogen and oxygen atoms in total. The lowest BCUT2D eigenvalue weighted by Gasteiger charge is -2.31. The maximum atomic E-state index is 12.5. The fraction of sp³-hybridized carbons (Fsp3) is 0.600. The van der Waals surface area contributed by atoms with Gasteiger partial charge >= 0.3 is 5.97 Å². The number of hydrogen-bond acceptors (Lipinski definition) is 2. The van der Waals surface area contributed by atoms with Gasteiger partial charge in [-0.05, 0) is 37.3 Å². The van der Waals surface area contributed by atoms with Gasteiger partial charge in [0.15, 0.2) is 0 Å². The molecule has 2 heterocycles. The number of carboxylic acids is 1. The molecular weight excluding hydrogens is 256 g/mol. The van der Waals surface area contributed by atoms with Gasteiger partial charge in [-0.1, -0.05) is 6.92 Å². The predicted molar refractivity (Wildman–Crippen MR) is 75.6 cm³/mol. The van der Waals surface area contributed by atoms with Crippen LogP contribution in [0.1, 0.15) is 43.1 Å². The van der Waals surface area contributed by atoms with E-state index in [0.29, 0.717) is 13.1 Å². The Hall–Kier alpha value is -1.78. The molecule has 0 radical (unpaired) electrons. The summed E-state index contributed by atoms with van der Waals surface area (Å²) in [7, 11) is 0. The van der Waals surface area contributed by atoms with Crippen LogP contribution in [0.4, 0.5) is 0 Å². The normalized spacial score (nSPS) is 16.4. The maximum Gasteiger partial charge on any atom is 0.303 e. The molecule has 1 fully saturated rings. The first-order valence-corrected chi connectivity index (χ1v) is 7.28. The van der Waals surface area contributed by atoms with Crippen LogP contribution in [0.15, 0.2) is 18.3 Å². The lowest BCUT2D eigenvalue weighted by Crippen LogP contribution is -2.39. The maximum absolute atomic E-state index is 12.5. The number of nitrogens with zero attached hydrogens (tertiary/aromatic N) is 2. The van der Waals surface area contributed by atoms with Crippen LogP contribution in [0.3, 0.4) is 0 Å². The zero-order valence-corrected chi connectivity index (χ0v) is 11.9. The zero-order valence-electron chi connectivity index (χ0n) is 11.9. The highest BCUT2D eigenvalue weighted by atomic mass is 16.4. The monoisotopic (exact) mass is 278 g/mol. The third kappa shape index (κ3) is 3.40. The van der Waals surface area contributed by atoms with Crippen molar-refractivity contribution >= 4 is 11.9 Å². The SMILES string of the molecule is CCCn1cccc1C(=O)N1CCC(CC(=O)O)CC1. The number of aliphatic carboxylic acids is 1. The van der Waals surface area contributed by atoms with E-state index in [1.807, 2.05) is 27.8 Å². The Kier molecular flexibility index (Phi) is 4.82. The number of amides is 1. The first kappa shape index (κ1) is 14.6. The summed E-state index contributed by atoms with van der Waals surface area (Å²) in [5.74, 6) is -0.470. The van der Waals surface area contributed by atoms with Crippen molar-refractivity contribution in [1.29, 1.82) is 0 Å². The Balaban J connectivity index is 1.94. The number of piperidine rings is 1. The largest absolute Gasteiger partial charge is 0.481 e. The summed E-state index contributed by atoms with van der Waals surface area (Å²) in [6, 6.07) is 3.77. The van der Waals surface area contributed by atoms with Crippen molar-refractivity contribution in [3.05, 3.63) is 24.0 Å². The molecule has 1 aliphatic rings. The van der Waals surface area contributed by atoms with Crippen molar-refractivity contribution in [2.75, 3.05) is 13.1 Å². The molecule has 20 heavy (non-hydrogen) atoms. The third-order valence-corrected chi connectivity index (χ3v) is 3.88. The van der Waals surface area contributed by atoms with Gasteiger partial charge in [0.1, 0.15) is 5.69 Å². The van der Waals surface area contributed by atoms with Crippen LogP contribution < -0.4 is 0 Å². The lowest BCUT2D eigenvalue weighted by atomic mass is 9.93. The Morgan fingerprint density at radius 3 is 2.65 bits per heavy atom. The lowest BCUT2D eigenvalue weighted by molar-refractivity contribution is -0.138. The fourth-order valence-corrected chi connectivity index (χ4v) is 2.79. The minimum absolute atomic E-state index is 0.0669. The average molecular weight is 278 g/mol. The van der Waals surface area contributed by atoms with E-state index in [9.17, 15) is 9.59 Å². The van der Waals surface area contributed by atoms with Crippen LogP contribution in [-0.4, -0.2) is 39.5 Å². The van der Waals surface area contributed by atoms with Gasteiger partial charge in [0.2, 0.25) is 0 Å². The van der Waals surface area contributed by atoms with Gasteiger partial charge in [0.25, 0.3) is 5.91 Å². The highest BCUT2D eigenvalue weighted by molar-refractivity contribution is 5.92. The van der Waals surface area contributed by atoms with E-state index >= 15 is 0 Å². The first-order valence-electron chi connectivity index (χ1n) is 7.28. The Morgan fingerprint density at radius 1 is 1.35 bits per heavy atom. The van der Waals surface area contributed by atoms with Gasteiger partial charge in [0.05, 0.1) is 0 Å². The second kappa shape index (κ2) is 6.59. The van der Waals surface area contributed by atoms with Crippen LogP contribution in [0.2, 0.25) is 0 Å². The summed E-state index contributed by atoms with van der Waals surface area (Å²) in [4.78, 5) is 25.0. The number of likely N-dealkylation sites (tertiary alicyclic amines) is 1. The van der Waals surface area contributed by atoms with Gasteiger partial charge in [-0.15, -0.1) is 0 Å². The van der Waals surface area contributed by atoms with E-state index in [2.05, 4.69) is 6.92 Å². The number of carboxylic acid groups (broad SMARTS) is 1. The molecule has 1 saturated heterocycles. The smallest absolute Gasteiger partial charge is 0.303 e. The van der Waals surface area contributed by atoms with E-state index in [-0.39, 0.29) is 18.2 Å². The van der Waals surface area contributed by atoms with Crippen molar-refractivity contribution in [2.45, 2.75) is 39.2 Å². The molecule has 1 aliphatic heterocycles. The molecule has 0 spiro atoms. The molecule has 5 heteroatoms. The van der Waals surface area contributed by atoms with Crippen LogP contribution in [0.5, 0.6) is 0 Å².